The molecule has 1 aliphatic heterocycles. The number of urea groups is 1. The van der Waals surface area contributed by atoms with Crippen LogP contribution in [0.15, 0.2) is 24.3 Å². The molecule has 0 aromatic heterocycles. The van der Waals surface area contributed by atoms with E-state index in [9.17, 15) is 9.59 Å². The van der Waals surface area contributed by atoms with Crippen LogP contribution in [-0.4, -0.2) is 49.2 Å². The topological polar surface area (TPSA) is 70.7 Å². The first-order chi connectivity index (χ1) is 14.5. The molecule has 1 aromatic carbocycles. The highest BCUT2D eigenvalue weighted by Crippen LogP contribution is 2.25. The molecule has 0 bridgehead atoms. The van der Waals surface area contributed by atoms with E-state index in [1.54, 1.807) is 6.92 Å². The maximum Gasteiger partial charge on any atom is 0.319 e. The Morgan fingerprint density at radius 1 is 1.07 bits per heavy atom. The average molecular weight is 418 g/mol. The Kier molecular flexibility index (Phi) is 10.1. The van der Waals surface area contributed by atoms with Crippen LogP contribution in [0.4, 0.5) is 10.5 Å². The molecule has 1 unspecified atom stereocenters. The lowest BCUT2D eigenvalue weighted by Gasteiger charge is -2.29. The second kappa shape index (κ2) is 12.6. The van der Waals surface area contributed by atoms with Crippen LogP contribution in [0.25, 0.3) is 0 Å². The number of amides is 2. The summed E-state index contributed by atoms with van der Waals surface area (Å²) in [5.41, 5.74) is 1.48. The first-order valence-electron chi connectivity index (χ1n) is 11.5. The summed E-state index contributed by atoms with van der Waals surface area (Å²) in [6.45, 7) is 5.86. The van der Waals surface area contributed by atoms with Crippen LogP contribution in [0, 0.1) is 0 Å². The van der Waals surface area contributed by atoms with Gasteiger partial charge in [0.05, 0.1) is 18.6 Å². The van der Waals surface area contributed by atoms with Crippen molar-refractivity contribution in [3.63, 3.8) is 0 Å². The van der Waals surface area contributed by atoms with E-state index in [4.69, 9.17) is 4.74 Å². The number of carbonyl (C=O) groups is 2. The van der Waals surface area contributed by atoms with Crippen molar-refractivity contribution in [2.75, 3.05) is 32.1 Å². The number of benzene rings is 1. The number of aryl methyl sites for hydroxylation is 1. The molecule has 0 spiro atoms. The molecule has 30 heavy (non-hydrogen) atoms. The summed E-state index contributed by atoms with van der Waals surface area (Å²) in [5.74, 6) is -0.271. The normalized spacial score (nSPS) is 18.9. The van der Waals surface area contributed by atoms with Gasteiger partial charge in [0.1, 0.15) is 0 Å². The van der Waals surface area contributed by atoms with Gasteiger partial charge in [-0.05, 0) is 50.9 Å². The maximum absolute atomic E-state index is 12.6. The van der Waals surface area contributed by atoms with Gasteiger partial charge in [0, 0.05) is 18.8 Å². The minimum Gasteiger partial charge on any atom is -0.466 e. The van der Waals surface area contributed by atoms with Gasteiger partial charge in [-0.15, -0.1) is 0 Å². The number of anilines is 1. The van der Waals surface area contributed by atoms with Crippen LogP contribution >= 0.6 is 0 Å². The molecule has 0 saturated carbocycles. The number of hydrogen-bond acceptors (Lipinski definition) is 4. The monoisotopic (exact) mass is 417 g/mol. The first kappa shape index (κ1) is 24.2. The van der Waals surface area contributed by atoms with E-state index < -0.39 is 5.54 Å². The fourth-order valence-electron chi connectivity index (χ4n) is 4.13. The Hall–Kier alpha value is -2.08. The molecule has 1 saturated heterocycles. The van der Waals surface area contributed by atoms with Crippen LogP contribution in [0.5, 0.6) is 0 Å². The fourth-order valence-corrected chi connectivity index (χ4v) is 4.13. The van der Waals surface area contributed by atoms with Crippen molar-refractivity contribution in [3.05, 3.63) is 29.8 Å². The zero-order valence-electron chi connectivity index (χ0n) is 19.0. The molecule has 1 aromatic rings. The van der Waals surface area contributed by atoms with Crippen LogP contribution < -0.4 is 10.6 Å². The van der Waals surface area contributed by atoms with Crippen molar-refractivity contribution in [1.82, 2.24) is 10.2 Å². The second-order valence-electron chi connectivity index (χ2n) is 8.54. The van der Waals surface area contributed by atoms with Gasteiger partial charge in [-0.3, -0.25) is 4.79 Å². The SMILES string of the molecule is CCCCCCCCc1ccc(NC(=O)NC2(CC(=O)OCC)CCN(C)C2)cc1. The molecule has 2 N–H and O–H groups in total. The quantitative estimate of drug-likeness (QED) is 0.381. The minimum atomic E-state index is -0.581. The summed E-state index contributed by atoms with van der Waals surface area (Å²) >= 11 is 0. The third-order valence-corrected chi connectivity index (χ3v) is 5.74. The van der Waals surface area contributed by atoms with E-state index in [1.807, 2.05) is 19.2 Å². The molecule has 0 radical (unpaired) electrons. The molecule has 1 heterocycles. The Morgan fingerprint density at radius 2 is 1.77 bits per heavy atom. The lowest BCUT2D eigenvalue weighted by Crippen LogP contribution is -2.53. The van der Waals surface area contributed by atoms with Gasteiger partial charge in [-0.25, -0.2) is 4.79 Å². The summed E-state index contributed by atoms with van der Waals surface area (Å²) in [6, 6.07) is 7.78. The Bertz CT molecular complexity index is 662. The molecule has 6 nitrogen and oxygen atoms in total. The van der Waals surface area contributed by atoms with Crippen molar-refractivity contribution in [1.29, 1.82) is 0 Å². The van der Waals surface area contributed by atoms with E-state index in [-0.39, 0.29) is 18.4 Å². The lowest BCUT2D eigenvalue weighted by molar-refractivity contribution is -0.144. The van der Waals surface area contributed by atoms with Gasteiger partial charge >= 0.3 is 12.0 Å². The first-order valence-corrected chi connectivity index (χ1v) is 11.5. The van der Waals surface area contributed by atoms with Crippen LogP contribution in [-0.2, 0) is 16.0 Å². The number of likely N-dealkylation sites (tertiary alicyclic amines) is 1. The molecule has 168 valence electrons. The van der Waals surface area contributed by atoms with E-state index in [0.717, 1.165) is 25.1 Å². The van der Waals surface area contributed by atoms with Crippen LogP contribution in [0.1, 0.15) is 70.8 Å². The highest BCUT2D eigenvalue weighted by Gasteiger charge is 2.40. The van der Waals surface area contributed by atoms with Gasteiger partial charge in [0.15, 0.2) is 0 Å². The minimum absolute atomic E-state index is 0.190. The molecular formula is C24H39N3O3. The van der Waals surface area contributed by atoms with E-state index in [2.05, 4.69) is 34.6 Å². The molecule has 0 aliphatic carbocycles. The van der Waals surface area contributed by atoms with Crippen molar-refractivity contribution in [3.8, 4) is 0 Å². The van der Waals surface area contributed by atoms with Gasteiger partial charge in [0.25, 0.3) is 0 Å². The summed E-state index contributed by atoms with van der Waals surface area (Å²) in [5, 5.41) is 5.95. The molecule has 2 amide bonds. The van der Waals surface area contributed by atoms with Gasteiger partial charge < -0.3 is 20.3 Å². The molecule has 1 fully saturated rings. The standard InChI is InChI=1S/C24H39N3O3/c1-4-6-7-8-9-10-11-20-12-14-21(15-13-20)25-23(29)26-24(16-17-27(3)19-24)18-22(28)30-5-2/h12-15H,4-11,16-19H2,1-3H3,(H2,25,26,29). The van der Waals surface area contributed by atoms with Crippen molar-refractivity contribution in [2.24, 2.45) is 0 Å². The van der Waals surface area contributed by atoms with Crippen molar-refractivity contribution >= 4 is 17.7 Å². The van der Waals surface area contributed by atoms with Crippen molar-refractivity contribution in [2.45, 2.75) is 77.2 Å². The average Bonchev–Trinajstić information content (AvgIpc) is 3.05. The number of hydrogen-bond donors (Lipinski definition) is 2. The van der Waals surface area contributed by atoms with E-state index in [0.29, 0.717) is 13.2 Å². The number of carbonyl (C=O) groups excluding carboxylic acids is 2. The van der Waals surface area contributed by atoms with Crippen LogP contribution in [0.2, 0.25) is 0 Å². The highest BCUT2D eigenvalue weighted by molar-refractivity contribution is 5.90. The summed E-state index contributed by atoms with van der Waals surface area (Å²) < 4.78 is 5.11. The molecular weight excluding hydrogens is 378 g/mol. The lowest BCUT2D eigenvalue weighted by atomic mass is 9.94. The van der Waals surface area contributed by atoms with Crippen molar-refractivity contribution < 1.29 is 14.3 Å². The Morgan fingerprint density at radius 3 is 2.40 bits per heavy atom. The number of esters is 1. The summed E-state index contributed by atoms with van der Waals surface area (Å²) in [4.78, 5) is 26.8. The third kappa shape index (κ3) is 8.34. The predicted molar refractivity (Wildman–Crippen MR) is 122 cm³/mol. The Balaban J connectivity index is 1.82. The van der Waals surface area contributed by atoms with Crippen LogP contribution in [0.3, 0.4) is 0 Å². The number of unbranched alkanes of at least 4 members (excludes halogenated alkanes) is 5. The molecule has 6 heteroatoms. The number of likely N-dealkylation sites (N-methyl/N-ethyl adjacent to an activating group) is 1. The van der Waals surface area contributed by atoms with Gasteiger partial charge in [0.2, 0.25) is 0 Å². The summed E-state index contributed by atoms with van der Waals surface area (Å²) in [6.07, 6.45) is 9.75. The summed E-state index contributed by atoms with van der Waals surface area (Å²) in [7, 11) is 2.00. The maximum atomic E-state index is 12.6. The highest BCUT2D eigenvalue weighted by atomic mass is 16.5. The number of ether oxygens (including phenoxy) is 1. The molecule has 2 rings (SSSR count). The van der Waals surface area contributed by atoms with Gasteiger partial charge in [-0.2, -0.15) is 0 Å². The number of rotatable bonds is 12. The molecule has 1 aliphatic rings. The Labute approximate surface area is 181 Å². The number of nitrogens with one attached hydrogen (secondary N) is 2. The third-order valence-electron chi connectivity index (χ3n) is 5.74. The zero-order valence-corrected chi connectivity index (χ0v) is 19.0. The largest absolute Gasteiger partial charge is 0.466 e. The number of nitrogens with zero attached hydrogens (tertiary/aromatic N) is 1. The predicted octanol–water partition coefficient (Wildman–Crippen LogP) is 4.74. The van der Waals surface area contributed by atoms with Gasteiger partial charge in [-0.1, -0.05) is 51.2 Å². The fraction of sp³-hybridized carbons (Fsp3) is 0.667. The zero-order chi connectivity index (χ0) is 21.8. The molecule has 1 atom stereocenters. The smallest absolute Gasteiger partial charge is 0.319 e. The second-order valence-corrected chi connectivity index (χ2v) is 8.54. The van der Waals surface area contributed by atoms with E-state index in [1.165, 1.54) is 44.1 Å². The van der Waals surface area contributed by atoms with E-state index >= 15 is 0 Å².